The Kier molecular flexibility index (Phi) is 4.42. The van der Waals surface area contributed by atoms with Crippen molar-refractivity contribution >= 4 is 5.91 Å². The number of rotatable bonds is 6. The first-order valence-corrected chi connectivity index (χ1v) is 7.52. The Morgan fingerprint density at radius 1 is 1.45 bits per heavy atom. The molecule has 1 aliphatic carbocycles. The van der Waals surface area contributed by atoms with Gasteiger partial charge in [0.25, 0.3) is 0 Å². The van der Waals surface area contributed by atoms with Crippen molar-refractivity contribution in [2.45, 2.75) is 64.5 Å². The second kappa shape index (κ2) is 5.91. The Hall–Kier alpha value is -1.43. The van der Waals surface area contributed by atoms with Gasteiger partial charge in [-0.05, 0) is 25.2 Å². The molecule has 20 heavy (non-hydrogen) atoms. The molecule has 4 N–H and O–H groups in total. The van der Waals surface area contributed by atoms with Crippen LogP contribution < -0.4 is 11.5 Å². The molecule has 1 heterocycles. The quantitative estimate of drug-likeness (QED) is 0.803. The van der Waals surface area contributed by atoms with Crippen LogP contribution in [-0.2, 0) is 24.2 Å². The molecular formula is C14H25N5O. The number of hydrogen-bond acceptors (Lipinski definition) is 4. The van der Waals surface area contributed by atoms with Crippen LogP contribution in [0.1, 0.15) is 51.2 Å². The minimum Gasteiger partial charge on any atom is -0.368 e. The van der Waals surface area contributed by atoms with Crippen molar-refractivity contribution in [3.05, 3.63) is 11.6 Å². The van der Waals surface area contributed by atoms with Crippen molar-refractivity contribution in [2.75, 3.05) is 0 Å². The number of nitrogens with two attached hydrogens (primary N) is 2. The molecule has 1 aromatic rings. The van der Waals surface area contributed by atoms with Crippen molar-refractivity contribution < 1.29 is 4.79 Å². The molecule has 6 nitrogen and oxygen atoms in total. The smallest absolute Gasteiger partial charge is 0.237 e. The summed E-state index contributed by atoms with van der Waals surface area (Å²) in [7, 11) is 0. The molecule has 0 radical (unpaired) electrons. The second-order valence-electron chi connectivity index (χ2n) is 5.66. The van der Waals surface area contributed by atoms with Gasteiger partial charge in [-0.3, -0.25) is 4.79 Å². The van der Waals surface area contributed by atoms with E-state index in [-0.39, 0.29) is 11.8 Å². The summed E-state index contributed by atoms with van der Waals surface area (Å²) in [5.41, 5.74) is 10.8. The van der Waals surface area contributed by atoms with Crippen LogP contribution in [0.5, 0.6) is 0 Å². The highest BCUT2D eigenvalue weighted by Crippen LogP contribution is 2.36. The number of aromatic nitrogens is 3. The van der Waals surface area contributed by atoms with E-state index in [0.717, 1.165) is 50.3 Å². The Labute approximate surface area is 119 Å². The molecule has 0 aromatic carbocycles. The molecule has 0 aliphatic heterocycles. The number of carbonyl (C=O) groups is 1. The zero-order valence-electron chi connectivity index (χ0n) is 12.4. The summed E-state index contributed by atoms with van der Waals surface area (Å²) in [6.45, 7) is 4.88. The summed E-state index contributed by atoms with van der Waals surface area (Å²) in [5, 5.41) is 4.50. The molecule has 1 aliphatic rings. The molecule has 2 atom stereocenters. The summed E-state index contributed by atoms with van der Waals surface area (Å²) in [6.07, 6.45) is 5.18. The van der Waals surface area contributed by atoms with Gasteiger partial charge < -0.3 is 11.5 Å². The van der Waals surface area contributed by atoms with Gasteiger partial charge in [0.15, 0.2) is 5.82 Å². The molecule has 0 spiro atoms. The van der Waals surface area contributed by atoms with Gasteiger partial charge in [-0.15, -0.1) is 0 Å². The fraction of sp³-hybridized carbons (Fsp3) is 0.786. The summed E-state index contributed by atoms with van der Waals surface area (Å²) in [5.74, 6) is 1.66. The third kappa shape index (κ3) is 2.70. The van der Waals surface area contributed by atoms with Gasteiger partial charge in [0.05, 0.1) is 5.54 Å². The zero-order chi connectivity index (χ0) is 14.8. The molecule has 1 fully saturated rings. The highest BCUT2D eigenvalue weighted by atomic mass is 16.1. The highest BCUT2D eigenvalue weighted by Gasteiger charge is 2.43. The Morgan fingerprint density at radius 2 is 2.20 bits per heavy atom. The lowest BCUT2D eigenvalue weighted by molar-refractivity contribution is -0.124. The number of primary amides is 1. The first-order chi connectivity index (χ1) is 9.51. The minimum atomic E-state index is -0.833. The zero-order valence-corrected chi connectivity index (χ0v) is 12.4. The molecule has 6 heteroatoms. The SMILES string of the molecule is CCc1nc(CC)n(CCC2CCCC2(N)C(N)=O)n1. The molecular weight excluding hydrogens is 254 g/mol. The summed E-state index contributed by atoms with van der Waals surface area (Å²) in [4.78, 5) is 16.1. The first kappa shape index (κ1) is 15.0. The monoisotopic (exact) mass is 279 g/mol. The van der Waals surface area contributed by atoms with E-state index in [4.69, 9.17) is 11.5 Å². The largest absolute Gasteiger partial charge is 0.368 e. The third-order valence-corrected chi connectivity index (χ3v) is 4.44. The fourth-order valence-corrected chi connectivity index (χ4v) is 3.12. The lowest BCUT2D eigenvalue weighted by Crippen LogP contribution is -2.54. The van der Waals surface area contributed by atoms with Crippen molar-refractivity contribution in [2.24, 2.45) is 17.4 Å². The van der Waals surface area contributed by atoms with Gasteiger partial charge in [-0.1, -0.05) is 20.3 Å². The van der Waals surface area contributed by atoms with E-state index in [0.29, 0.717) is 6.42 Å². The number of amides is 1. The van der Waals surface area contributed by atoms with Gasteiger partial charge >= 0.3 is 0 Å². The second-order valence-corrected chi connectivity index (χ2v) is 5.66. The van der Waals surface area contributed by atoms with Crippen LogP contribution in [0.3, 0.4) is 0 Å². The number of nitrogens with zero attached hydrogens (tertiary/aromatic N) is 3. The Balaban J connectivity index is 2.05. The van der Waals surface area contributed by atoms with Crippen molar-refractivity contribution in [3.63, 3.8) is 0 Å². The van der Waals surface area contributed by atoms with Crippen LogP contribution in [0.4, 0.5) is 0 Å². The van der Waals surface area contributed by atoms with Gasteiger partial charge in [0.1, 0.15) is 5.82 Å². The summed E-state index contributed by atoms with van der Waals surface area (Å²) in [6, 6.07) is 0. The number of hydrogen-bond donors (Lipinski definition) is 2. The van der Waals surface area contributed by atoms with E-state index >= 15 is 0 Å². The highest BCUT2D eigenvalue weighted by molar-refractivity contribution is 5.85. The maximum absolute atomic E-state index is 11.6. The summed E-state index contributed by atoms with van der Waals surface area (Å²) >= 11 is 0. The van der Waals surface area contributed by atoms with Crippen molar-refractivity contribution in [3.8, 4) is 0 Å². The predicted molar refractivity (Wildman–Crippen MR) is 76.8 cm³/mol. The molecule has 0 saturated heterocycles. The van der Waals surface area contributed by atoms with Crippen LogP contribution >= 0.6 is 0 Å². The Bertz CT molecular complexity index is 484. The van der Waals surface area contributed by atoms with E-state index in [2.05, 4.69) is 17.0 Å². The van der Waals surface area contributed by atoms with Crippen LogP contribution in [0.25, 0.3) is 0 Å². The molecule has 0 bridgehead atoms. The molecule has 1 saturated carbocycles. The van der Waals surface area contributed by atoms with Gasteiger partial charge in [0.2, 0.25) is 5.91 Å². The standard InChI is InChI=1S/C14H25N5O/c1-3-11-17-12(4-2)19(18-11)9-7-10-6-5-8-14(10,16)13(15)20/h10H,3-9,16H2,1-2H3,(H2,15,20). The predicted octanol–water partition coefficient (Wildman–Crippen LogP) is 0.776. The van der Waals surface area contributed by atoms with Gasteiger partial charge in [0, 0.05) is 19.4 Å². The van der Waals surface area contributed by atoms with E-state index < -0.39 is 5.54 Å². The van der Waals surface area contributed by atoms with Gasteiger partial charge in [-0.2, -0.15) is 5.10 Å². The molecule has 1 aromatic heterocycles. The average Bonchev–Trinajstić information content (AvgIpc) is 3.00. The molecule has 2 unspecified atom stereocenters. The van der Waals surface area contributed by atoms with E-state index in [9.17, 15) is 4.79 Å². The lowest BCUT2D eigenvalue weighted by Gasteiger charge is -2.28. The van der Waals surface area contributed by atoms with E-state index in [1.54, 1.807) is 0 Å². The maximum atomic E-state index is 11.6. The van der Waals surface area contributed by atoms with Crippen LogP contribution in [0, 0.1) is 5.92 Å². The average molecular weight is 279 g/mol. The lowest BCUT2D eigenvalue weighted by atomic mass is 9.85. The topological polar surface area (TPSA) is 99.8 Å². The number of aryl methyl sites for hydroxylation is 3. The molecule has 1 amide bonds. The van der Waals surface area contributed by atoms with Crippen molar-refractivity contribution in [1.82, 2.24) is 14.8 Å². The van der Waals surface area contributed by atoms with Gasteiger partial charge in [-0.25, -0.2) is 9.67 Å². The summed E-state index contributed by atoms with van der Waals surface area (Å²) < 4.78 is 1.96. The molecule has 2 rings (SSSR count). The van der Waals surface area contributed by atoms with E-state index in [1.165, 1.54) is 0 Å². The Morgan fingerprint density at radius 3 is 2.80 bits per heavy atom. The number of carbonyl (C=O) groups excluding carboxylic acids is 1. The van der Waals surface area contributed by atoms with Crippen LogP contribution in [-0.4, -0.2) is 26.2 Å². The van der Waals surface area contributed by atoms with Crippen LogP contribution in [0.15, 0.2) is 0 Å². The first-order valence-electron chi connectivity index (χ1n) is 7.52. The van der Waals surface area contributed by atoms with Crippen molar-refractivity contribution in [1.29, 1.82) is 0 Å². The normalized spacial score (nSPS) is 26.1. The molecule has 112 valence electrons. The van der Waals surface area contributed by atoms with Crippen LogP contribution in [0.2, 0.25) is 0 Å². The third-order valence-electron chi connectivity index (χ3n) is 4.44. The van der Waals surface area contributed by atoms with E-state index in [1.807, 2.05) is 11.6 Å². The fourth-order valence-electron chi connectivity index (χ4n) is 3.12. The minimum absolute atomic E-state index is 0.152. The maximum Gasteiger partial charge on any atom is 0.237 e.